The van der Waals surface area contributed by atoms with Crippen molar-refractivity contribution in [1.29, 1.82) is 0 Å². The molecule has 0 aliphatic carbocycles. The van der Waals surface area contributed by atoms with E-state index in [1.165, 1.54) is 0 Å². The van der Waals surface area contributed by atoms with E-state index in [0.717, 1.165) is 9.80 Å². The minimum Gasteiger partial charge on any atom is 1.00 e. The van der Waals surface area contributed by atoms with Crippen LogP contribution in [0.25, 0.3) is 0 Å². The zero-order valence-corrected chi connectivity index (χ0v) is 18.9. The van der Waals surface area contributed by atoms with Crippen LogP contribution in [-0.4, -0.2) is 99.2 Å². The zero-order chi connectivity index (χ0) is 17.7. The number of carbonyl (C=O) groups is 4. The van der Waals surface area contributed by atoms with E-state index in [9.17, 15) is 24.3 Å². The van der Waals surface area contributed by atoms with Gasteiger partial charge in [-0.15, -0.1) is 0 Å². The molecule has 0 aliphatic rings. The van der Waals surface area contributed by atoms with Crippen molar-refractivity contribution < 1.29 is 119 Å². The molecule has 0 rings (SSSR count). The number of carboxylic acids is 4. The van der Waals surface area contributed by atoms with Crippen LogP contribution < -0.4 is 56.5 Å². The number of nitrogens with zero attached hydrogens (tertiary/aromatic N) is 2. The third-order valence-electron chi connectivity index (χ3n) is 2.16. The van der Waals surface area contributed by atoms with Gasteiger partial charge in [0.25, 0.3) is 0 Å². The van der Waals surface area contributed by atoms with E-state index in [1.807, 2.05) is 17.3 Å². The summed E-state index contributed by atoms with van der Waals surface area (Å²) in [5, 5.41) is 36.3. The van der Waals surface area contributed by atoms with Crippen molar-refractivity contribution in [3.63, 3.8) is 0 Å². The first-order chi connectivity index (χ1) is 10.2. The summed E-state index contributed by atoms with van der Waals surface area (Å²) < 4.78 is 0. The van der Waals surface area contributed by atoms with Crippen molar-refractivity contribution in [3.8, 4) is 0 Å². The van der Waals surface area contributed by atoms with Gasteiger partial charge in [-0.1, -0.05) is 0 Å². The fraction of sp³-hybridized carbons (Fsp3) is 0.600. The summed E-state index contributed by atoms with van der Waals surface area (Å²) in [6.07, 6.45) is 0. The van der Waals surface area contributed by atoms with E-state index >= 15 is 0 Å². The topological polar surface area (TPSA) is 222 Å². The molecule has 15 heteroatoms. The average molecular weight is 503 g/mol. The van der Waals surface area contributed by atoms with E-state index in [-0.39, 0.29) is 75.4 Å². The quantitative estimate of drug-likeness (QED) is 0.226. The fourth-order valence-corrected chi connectivity index (χ4v) is 1.47. The van der Waals surface area contributed by atoms with Crippen molar-refractivity contribution >= 4 is 33.6 Å². The first kappa shape index (κ1) is 36.2. The van der Waals surface area contributed by atoms with Crippen LogP contribution in [0.1, 0.15) is 0 Å². The van der Waals surface area contributed by atoms with Gasteiger partial charge in [-0.25, -0.2) is 0 Å². The van der Waals surface area contributed by atoms with Crippen LogP contribution >= 0.6 is 9.69 Å². The Labute approximate surface area is 199 Å². The Kier molecular flexibility index (Phi) is 32.3. The number of hydrogen-bond acceptors (Lipinski definition) is 7. The van der Waals surface area contributed by atoms with Crippen LogP contribution in [0.15, 0.2) is 0 Å². The van der Waals surface area contributed by atoms with Gasteiger partial charge in [0.15, 0.2) is 0 Å². The summed E-state index contributed by atoms with van der Waals surface area (Å²) in [5.41, 5.74) is 0. The molecule has 0 unspecified atom stereocenters. The molecule has 0 heterocycles. The minimum absolute atomic E-state index is 0. The van der Waals surface area contributed by atoms with Crippen LogP contribution in [0.4, 0.5) is 0 Å². The maximum atomic E-state index is 10.5. The van der Waals surface area contributed by atoms with Gasteiger partial charge in [0.1, 0.15) is 0 Å². The largest absolute Gasteiger partial charge is 1.00 e. The Morgan fingerprint density at radius 2 is 1.00 bits per heavy atom. The summed E-state index contributed by atoms with van der Waals surface area (Å²) in [7, 11) is 4.57. The fourth-order valence-electron chi connectivity index (χ4n) is 1.47. The van der Waals surface area contributed by atoms with Gasteiger partial charge in [-0.2, -0.15) is 0 Å². The predicted octanol–water partition coefficient (Wildman–Crippen LogP) is -7.36. The van der Waals surface area contributed by atoms with E-state index in [1.54, 1.807) is 0 Å². The van der Waals surface area contributed by atoms with Crippen molar-refractivity contribution in [2.75, 3.05) is 39.3 Å². The number of carbonyl (C=O) groups excluding carboxylic acids is 1. The molecule has 25 heavy (non-hydrogen) atoms. The molecule has 0 fully saturated rings. The molecule has 7 N–H and O–H groups in total. The third-order valence-corrected chi connectivity index (χ3v) is 2.16. The second kappa shape index (κ2) is 22.3. The van der Waals surface area contributed by atoms with E-state index in [4.69, 9.17) is 15.3 Å². The van der Waals surface area contributed by atoms with Gasteiger partial charge in [0, 0.05) is 19.6 Å². The van der Waals surface area contributed by atoms with Gasteiger partial charge in [-0.3, -0.25) is 24.2 Å². The van der Waals surface area contributed by atoms with E-state index < -0.39 is 50.1 Å². The van der Waals surface area contributed by atoms with Crippen LogP contribution in [0.5, 0.6) is 0 Å². The second-order valence-corrected chi connectivity index (χ2v) is 3.97. The smallest absolute Gasteiger partial charge is 1.00 e. The van der Waals surface area contributed by atoms with E-state index in [0.29, 0.717) is 0 Å². The molecule has 0 spiro atoms. The Hall–Kier alpha value is 0.270. The standard InChI is InChI=1S/C10H16N2O8.ClH.K.2H2O.Ru/c13-7(14)3-11(4-8(15)16)1-2-12(5-9(17)18)6-10(19)20;;;;;/h1-6H2,(H,13,14)(H,15,16)(H,17,18)(H,19,20);1H;;2*1H2;/q;;+1;;;+1/p-2. The van der Waals surface area contributed by atoms with Crippen molar-refractivity contribution in [1.82, 2.24) is 9.80 Å². The normalized spacial score (nSPS) is 8.80. The first-order valence-electron chi connectivity index (χ1n) is 5.64. The van der Waals surface area contributed by atoms with Crippen LogP contribution in [0.3, 0.4) is 0 Å². The van der Waals surface area contributed by atoms with Crippen LogP contribution in [-0.2, 0) is 36.5 Å². The molecule has 0 amide bonds. The van der Waals surface area contributed by atoms with Gasteiger partial charge < -0.3 is 36.2 Å². The molecule has 0 aliphatic heterocycles. The molecule has 0 radical (unpaired) electrons. The Balaban J connectivity index is -0.000000256. The summed E-state index contributed by atoms with van der Waals surface area (Å²) >= 11 is 1.82. The molecule has 12 nitrogen and oxygen atoms in total. The number of rotatable bonds is 11. The zero-order valence-electron chi connectivity index (χ0n) is 13.3. The van der Waals surface area contributed by atoms with Gasteiger partial charge >= 0.3 is 96.3 Å². The number of aliphatic carboxylic acids is 4. The molecule has 0 aromatic carbocycles. The molecule has 0 saturated heterocycles. The molecule has 145 valence electrons. The maximum Gasteiger partial charge on any atom is 1.00 e. The van der Waals surface area contributed by atoms with Gasteiger partial charge in [0.05, 0.1) is 25.6 Å². The third kappa shape index (κ3) is 26.6. The Morgan fingerprint density at radius 3 is 1.20 bits per heavy atom. The minimum atomic E-state index is -1.48. The monoisotopic (exact) mass is 503 g/mol. The number of carboxylic acid groups (broad SMARTS) is 4. The van der Waals surface area contributed by atoms with Crippen LogP contribution in [0, 0.1) is 0 Å². The number of hydrogen-bond donors (Lipinski definition) is 3. The summed E-state index contributed by atoms with van der Waals surface area (Å²) in [5.74, 6) is -5.21. The van der Waals surface area contributed by atoms with Crippen molar-refractivity contribution in [2.24, 2.45) is 0 Å². The maximum absolute atomic E-state index is 10.5. The van der Waals surface area contributed by atoms with Crippen molar-refractivity contribution in [2.45, 2.75) is 0 Å². The average Bonchev–Trinajstić information content (AvgIpc) is 2.35. The van der Waals surface area contributed by atoms with Gasteiger partial charge in [-0.05, 0) is 0 Å². The molecular weight excluding hydrogens is 484 g/mol. The molecule has 0 atom stereocenters. The predicted molar refractivity (Wildman–Crippen MR) is 73.9 cm³/mol. The van der Waals surface area contributed by atoms with Gasteiger partial charge in [0.2, 0.25) is 0 Å². The Bertz CT molecular complexity index is 336. The molecule has 0 aromatic rings. The number of halogens is 1. The summed E-state index contributed by atoms with van der Waals surface area (Å²) in [4.78, 5) is 44.1. The first-order valence-corrected chi connectivity index (χ1v) is 7.87. The molecule has 0 bridgehead atoms. The SMILES string of the molecule is O.O.O=C([O-])CN(CCN(CC(=O)O)CC(=O)O)CC(=O)O.[Cl][Ru].[K+]. The second-order valence-electron chi connectivity index (χ2n) is 3.97. The van der Waals surface area contributed by atoms with E-state index in [2.05, 4.69) is 9.69 Å². The van der Waals surface area contributed by atoms with Crippen LogP contribution in [0.2, 0.25) is 0 Å². The Morgan fingerprint density at radius 1 is 0.760 bits per heavy atom. The molecular formula is C10H19ClKN2O10Ru. The summed E-state index contributed by atoms with van der Waals surface area (Å²) in [6, 6.07) is 0. The summed E-state index contributed by atoms with van der Waals surface area (Å²) in [6.45, 7) is -2.50. The molecule has 0 saturated carbocycles. The molecule has 0 aromatic heterocycles. The van der Waals surface area contributed by atoms with Crippen molar-refractivity contribution in [3.05, 3.63) is 0 Å².